The van der Waals surface area contributed by atoms with E-state index in [-0.39, 0.29) is 11.5 Å². The zero-order valence-corrected chi connectivity index (χ0v) is 10.9. The number of carbonyl (C=O) groups is 1. The van der Waals surface area contributed by atoms with Gasteiger partial charge in [0.1, 0.15) is 17.7 Å². The van der Waals surface area contributed by atoms with Crippen LogP contribution in [0.1, 0.15) is 44.8 Å². The fourth-order valence-electron chi connectivity index (χ4n) is 1.59. The Bertz CT molecular complexity index is 532. The first-order chi connectivity index (χ1) is 9.01. The van der Waals surface area contributed by atoms with Crippen LogP contribution in [0.15, 0.2) is 26.7 Å². The SMILES string of the molecule is CCCC/C(=N\O)C(=O)C(C)c1cc(=O)c(O)co1. The molecular weight excluding hydrogens is 250 g/mol. The summed E-state index contributed by atoms with van der Waals surface area (Å²) in [5.41, 5.74) is -0.554. The van der Waals surface area contributed by atoms with Gasteiger partial charge in [0.05, 0.1) is 5.92 Å². The van der Waals surface area contributed by atoms with Crippen molar-refractivity contribution < 1.29 is 19.5 Å². The Hall–Kier alpha value is -2.11. The van der Waals surface area contributed by atoms with Crippen molar-refractivity contribution >= 4 is 11.5 Å². The van der Waals surface area contributed by atoms with Gasteiger partial charge in [-0.15, -0.1) is 0 Å². The molecule has 0 saturated carbocycles. The van der Waals surface area contributed by atoms with E-state index in [9.17, 15) is 9.59 Å². The van der Waals surface area contributed by atoms with Gasteiger partial charge in [0, 0.05) is 6.07 Å². The standard InChI is InChI=1S/C13H17NO5/c1-3-4-5-9(14-18)13(17)8(2)12-6-10(15)11(16)7-19-12/h6-8,16,18H,3-5H2,1-2H3/b14-9+. The first kappa shape index (κ1) is 14.9. The molecule has 0 saturated heterocycles. The van der Waals surface area contributed by atoms with E-state index in [0.717, 1.165) is 25.2 Å². The molecular formula is C13H17NO5. The fourth-order valence-corrected chi connectivity index (χ4v) is 1.59. The Morgan fingerprint density at radius 2 is 2.21 bits per heavy atom. The van der Waals surface area contributed by atoms with Gasteiger partial charge < -0.3 is 14.7 Å². The topological polar surface area (TPSA) is 100 Å². The zero-order valence-electron chi connectivity index (χ0n) is 10.9. The van der Waals surface area contributed by atoms with E-state index in [2.05, 4.69) is 5.16 Å². The lowest BCUT2D eigenvalue weighted by atomic mass is 9.96. The molecule has 1 rings (SSSR count). The summed E-state index contributed by atoms with van der Waals surface area (Å²) in [4.78, 5) is 23.3. The van der Waals surface area contributed by atoms with Gasteiger partial charge in [-0.2, -0.15) is 0 Å². The van der Waals surface area contributed by atoms with Crippen molar-refractivity contribution in [3.05, 3.63) is 28.3 Å². The van der Waals surface area contributed by atoms with E-state index >= 15 is 0 Å². The Kier molecular flexibility index (Phi) is 5.29. The zero-order chi connectivity index (χ0) is 14.4. The molecule has 104 valence electrons. The third kappa shape index (κ3) is 3.67. The molecule has 0 aliphatic heterocycles. The molecule has 0 aromatic carbocycles. The lowest BCUT2D eigenvalue weighted by Gasteiger charge is -2.10. The van der Waals surface area contributed by atoms with Crippen LogP contribution >= 0.6 is 0 Å². The largest absolute Gasteiger partial charge is 0.502 e. The van der Waals surface area contributed by atoms with Crippen molar-refractivity contribution in [2.75, 3.05) is 0 Å². The molecule has 1 aromatic heterocycles. The predicted octanol–water partition coefficient (Wildman–Crippen LogP) is 2.04. The molecule has 6 heteroatoms. The van der Waals surface area contributed by atoms with Crippen molar-refractivity contribution in [1.29, 1.82) is 0 Å². The Morgan fingerprint density at radius 1 is 1.53 bits per heavy atom. The molecule has 6 nitrogen and oxygen atoms in total. The highest BCUT2D eigenvalue weighted by Crippen LogP contribution is 2.18. The maximum Gasteiger partial charge on any atom is 0.226 e. The Balaban J connectivity index is 2.92. The maximum atomic E-state index is 12.1. The number of unbranched alkanes of at least 4 members (excludes halogenated alkanes) is 1. The quantitative estimate of drug-likeness (QED) is 0.466. The average Bonchev–Trinajstić information content (AvgIpc) is 2.41. The van der Waals surface area contributed by atoms with Gasteiger partial charge in [0.25, 0.3) is 0 Å². The summed E-state index contributed by atoms with van der Waals surface area (Å²) < 4.78 is 5.01. The summed E-state index contributed by atoms with van der Waals surface area (Å²) in [5, 5.41) is 20.9. The summed E-state index contributed by atoms with van der Waals surface area (Å²) in [5.74, 6) is -1.52. The van der Waals surface area contributed by atoms with Crippen LogP contribution < -0.4 is 5.43 Å². The molecule has 1 aromatic rings. The van der Waals surface area contributed by atoms with Gasteiger partial charge in [-0.05, 0) is 19.8 Å². The minimum Gasteiger partial charge on any atom is -0.502 e. The summed E-state index contributed by atoms with van der Waals surface area (Å²) in [7, 11) is 0. The number of carbonyl (C=O) groups excluding carboxylic acids is 1. The number of Topliss-reactive ketones (excluding diaryl/α,β-unsaturated/α-hetero) is 1. The van der Waals surface area contributed by atoms with Crippen LogP contribution in [0.3, 0.4) is 0 Å². The molecule has 2 N–H and O–H groups in total. The molecule has 0 radical (unpaired) electrons. The first-order valence-corrected chi connectivity index (χ1v) is 6.08. The summed E-state index contributed by atoms with van der Waals surface area (Å²) >= 11 is 0. The number of ketones is 1. The third-order valence-corrected chi connectivity index (χ3v) is 2.82. The highest BCUT2D eigenvalue weighted by molar-refractivity contribution is 6.41. The minimum absolute atomic E-state index is 0.0603. The maximum absolute atomic E-state index is 12.1. The molecule has 0 amide bonds. The Morgan fingerprint density at radius 3 is 2.74 bits per heavy atom. The minimum atomic E-state index is -0.740. The normalized spacial score (nSPS) is 13.3. The second-order valence-corrected chi connectivity index (χ2v) is 4.27. The van der Waals surface area contributed by atoms with E-state index in [0.29, 0.717) is 6.42 Å². The van der Waals surface area contributed by atoms with Gasteiger partial charge in [-0.25, -0.2) is 0 Å². The van der Waals surface area contributed by atoms with Crippen LogP contribution in [0.25, 0.3) is 0 Å². The van der Waals surface area contributed by atoms with Crippen LogP contribution in [0.5, 0.6) is 5.75 Å². The number of hydrogen-bond donors (Lipinski definition) is 2. The van der Waals surface area contributed by atoms with Crippen molar-refractivity contribution in [2.24, 2.45) is 5.16 Å². The second kappa shape index (κ2) is 6.72. The number of aromatic hydroxyl groups is 1. The molecule has 0 bridgehead atoms. The summed E-state index contributed by atoms with van der Waals surface area (Å²) in [6.45, 7) is 3.51. The highest BCUT2D eigenvalue weighted by atomic mass is 16.4. The molecule has 1 unspecified atom stereocenters. The number of oxime groups is 1. The van der Waals surface area contributed by atoms with Crippen molar-refractivity contribution in [3.8, 4) is 5.75 Å². The molecule has 19 heavy (non-hydrogen) atoms. The van der Waals surface area contributed by atoms with Crippen LogP contribution in [-0.4, -0.2) is 21.8 Å². The first-order valence-electron chi connectivity index (χ1n) is 6.08. The molecule has 1 atom stereocenters. The lowest BCUT2D eigenvalue weighted by Crippen LogP contribution is -2.21. The van der Waals surface area contributed by atoms with Crippen molar-refractivity contribution in [3.63, 3.8) is 0 Å². The number of hydrogen-bond acceptors (Lipinski definition) is 6. The number of nitrogens with zero attached hydrogens (tertiary/aromatic N) is 1. The van der Waals surface area contributed by atoms with Crippen molar-refractivity contribution in [2.45, 2.75) is 39.0 Å². The second-order valence-electron chi connectivity index (χ2n) is 4.27. The van der Waals surface area contributed by atoms with Crippen LogP contribution in [0.4, 0.5) is 0 Å². The molecule has 0 aliphatic carbocycles. The highest BCUT2D eigenvalue weighted by Gasteiger charge is 2.23. The smallest absolute Gasteiger partial charge is 0.226 e. The monoisotopic (exact) mass is 267 g/mol. The number of rotatable bonds is 6. The molecule has 0 spiro atoms. The van der Waals surface area contributed by atoms with Gasteiger partial charge >= 0.3 is 0 Å². The third-order valence-electron chi connectivity index (χ3n) is 2.82. The molecule has 0 fully saturated rings. The Labute approximate surface area is 110 Å². The van der Waals surface area contributed by atoms with Crippen LogP contribution in [0.2, 0.25) is 0 Å². The van der Waals surface area contributed by atoms with E-state index in [4.69, 9.17) is 14.7 Å². The summed E-state index contributed by atoms with van der Waals surface area (Å²) in [6.07, 6.45) is 2.87. The van der Waals surface area contributed by atoms with E-state index in [1.54, 1.807) is 6.92 Å². The van der Waals surface area contributed by atoms with Gasteiger partial charge in [-0.3, -0.25) is 9.59 Å². The average molecular weight is 267 g/mol. The van der Waals surface area contributed by atoms with Crippen LogP contribution in [0, 0.1) is 0 Å². The lowest BCUT2D eigenvalue weighted by molar-refractivity contribution is -0.114. The summed E-state index contributed by atoms with van der Waals surface area (Å²) in [6, 6.07) is 1.06. The van der Waals surface area contributed by atoms with Gasteiger partial charge in [0.2, 0.25) is 5.43 Å². The van der Waals surface area contributed by atoms with E-state index < -0.39 is 22.9 Å². The van der Waals surface area contributed by atoms with E-state index in [1.165, 1.54) is 0 Å². The van der Waals surface area contributed by atoms with Crippen molar-refractivity contribution in [1.82, 2.24) is 0 Å². The van der Waals surface area contributed by atoms with Gasteiger partial charge in [0.15, 0.2) is 11.5 Å². The fraction of sp³-hybridized carbons (Fsp3) is 0.462. The van der Waals surface area contributed by atoms with Gasteiger partial charge in [-0.1, -0.05) is 18.5 Å². The van der Waals surface area contributed by atoms with Crippen LogP contribution in [-0.2, 0) is 4.79 Å². The predicted molar refractivity (Wildman–Crippen MR) is 68.8 cm³/mol. The van der Waals surface area contributed by atoms with E-state index in [1.807, 2.05) is 6.92 Å². The molecule has 0 aliphatic rings. The molecule has 1 heterocycles.